The normalized spacial score (nSPS) is 10.5. The predicted molar refractivity (Wildman–Crippen MR) is 72.4 cm³/mol. The van der Waals surface area contributed by atoms with Crippen molar-refractivity contribution in [2.24, 2.45) is 5.73 Å². The van der Waals surface area contributed by atoms with Gasteiger partial charge < -0.3 is 15.6 Å². The number of nitriles is 1. The zero-order valence-corrected chi connectivity index (χ0v) is 11.0. The molecule has 2 rings (SSSR count). The van der Waals surface area contributed by atoms with Crippen molar-refractivity contribution in [3.8, 4) is 17.6 Å². The van der Waals surface area contributed by atoms with Crippen molar-refractivity contribution in [3.63, 3.8) is 0 Å². The van der Waals surface area contributed by atoms with Crippen LogP contribution in [0.3, 0.4) is 0 Å². The summed E-state index contributed by atoms with van der Waals surface area (Å²) in [6, 6.07) is 6.73. The van der Waals surface area contributed by atoms with Gasteiger partial charge in [0.15, 0.2) is 11.4 Å². The molecule has 6 heteroatoms. The second-order valence-corrected chi connectivity index (χ2v) is 4.51. The standard InChI is InChI=1S/C14H13N3O3/c1-7(2)20-8-3-4-9-10(5-8)13(18)12(14(16)19)17-11(9)6-15/h3-5,7,18H,1-2H3,(H2,16,19). The van der Waals surface area contributed by atoms with E-state index in [-0.39, 0.29) is 23.2 Å². The molecule has 0 bridgehead atoms. The number of aromatic hydroxyl groups is 1. The van der Waals surface area contributed by atoms with Crippen LogP contribution in [0.4, 0.5) is 0 Å². The molecule has 0 atom stereocenters. The van der Waals surface area contributed by atoms with E-state index in [2.05, 4.69) is 4.98 Å². The lowest BCUT2D eigenvalue weighted by Gasteiger charge is -2.12. The Labute approximate surface area is 115 Å². The molecular formula is C14H13N3O3. The summed E-state index contributed by atoms with van der Waals surface area (Å²) in [4.78, 5) is 15.0. The van der Waals surface area contributed by atoms with Crippen LogP contribution in [0.1, 0.15) is 30.0 Å². The quantitative estimate of drug-likeness (QED) is 0.882. The van der Waals surface area contributed by atoms with E-state index in [9.17, 15) is 9.90 Å². The van der Waals surface area contributed by atoms with E-state index in [0.29, 0.717) is 16.5 Å². The lowest BCUT2D eigenvalue weighted by atomic mass is 10.1. The van der Waals surface area contributed by atoms with Gasteiger partial charge in [-0.1, -0.05) is 0 Å². The summed E-state index contributed by atoms with van der Waals surface area (Å²) in [5, 5.41) is 19.9. The van der Waals surface area contributed by atoms with Crippen LogP contribution in [0.2, 0.25) is 0 Å². The number of fused-ring (bicyclic) bond motifs is 1. The molecule has 102 valence electrons. The zero-order valence-electron chi connectivity index (χ0n) is 11.0. The largest absolute Gasteiger partial charge is 0.505 e. The second-order valence-electron chi connectivity index (χ2n) is 4.51. The lowest BCUT2D eigenvalue weighted by molar-refractivity contribution is 0.0993. The fraction of sp³-hybridized carbons (Fsp3) is 0.214. The maximum atomic E-state index is 11.3. The monoisotopic (exact) mass is 271 g/mol. The molecule has 0 radical (unpaired) electrons. The highest BCUT2D eigenvalue weighted by Gasteiger charge is 2.17. The third-order valence-electron chi connectivity index (χ3n) is 2.66. The van der Waals surface area contributed by atoms with Crippen LogP contribution in [0, 0.1) is 11.3 Å². The summed E-state index contributed by atoms with van der Waals surface area (Å²) < 4.78 is 5.52. The zero-order chi connectivity index (χ0) is 14.9. The minimum atomic E-state index is -0.893. The fourth-order valence-corrected chi connectivity index (χ4v) is 1.88. The first-order valence-corrected chi connectivity index (χ1v) is 5.97. The smallest absolute Gasteiger partial charge is 0.271 e. The number of rotatable bonds is 3. The molecule has 0 fully saturated rings. The Hall–Kier alpha value is -2.81. The number of amides is 1. The van der Waals surface area contributed by atoms with Gasteiger partial charge in [-0.25, -0.2) is 4.98 Å². The first-order chi connectivity index (χ1) is 9.43. The number of benzene rings is 1. The molecule has 0 unspecified atom stereocenters. The summed E-state index contributed by atoms with van der Waals surface area (Å²) in [5.74, 6) is -0.718. The highest BCUT2D eigenvalue weighted by molar-refractivity contribution is 6.02. The first kappa shape index (κ1) is 13.6. The number of nitrogens with two attached hydrogens (primary N) is 1. The lowest BCUT2D eigenvalue weighted by Crippen LogP contribution is -2.14. The molecule has 6 nitrogen and oxygen atoms in total. The summed E-state index contributed by atoms with van der Waals surface area (Å²) in [7, 11) is 0. The number of nitrogens with zero attached hydrogens (tertiary/aromatic N) is 2. The average molecular weight is 271 g/mol. The molecule has 20 heavy (non-hydrogen) atoms. The number of primary amides is 1. The minimum absolute atomic E-state index is 0.0303. The van der Waals surface area contributed by atoms with Gasteiger partial charge >= 0.3 is 0 Å². The topological polar surface area (TPSA) is 109 Å². The third kappa shape index (κ3) is 2.34. The number of hydrogen-bond donors (Lipinski definition) is 2. The molecule has 3 N–H and O–H groups in total. The number of pyridine rings is 1. The van der Waals surface area contributed by atoms with Crippen molar-refractivity contribution in [1.82, 2.24) is 4.98 Å². The molecule has 1 amide bonds. The van der Waals surface area contributed by atoms with Crippen LogP contribution in [0.5, 0.6) is 11.5 Å². The average Bonchev–Trinajstić information content (AvgIpc) is 2.38. The number of carbonyl (C=O) groups is 1. The number of aromatic nitrogens is 1. The molecule has 2 aromatic rings. The highest BCUT2D eigenvalue weighted by Crippen LogP contribution is 2.32. The van der Waals surface area contributed by atoms with Crippen molar-refractivity contribution in [2.45, 2.75) is 20.0 Å². The van der Waals surface area contributed by atoms with E-state index in [1.165, 1.54) is 0 Å². The Morgan fingerprint density at radius 1 is 1.45 bits per heavy atom. The maximum Gasteiger partial charge on any atom is 0.271 e. The molecule has 1 heterocycles. The van der Waals surface area contributed by atoms with Crippen LogP contribution in [-0.2, 0) is 0 Å². The fourth-order valence-electron chi connectivity index (χ4n) is 1.88. The van der Waals surface area contributed by atoms with Gasteiger partial charge in [-0.15, -0.1) is 0 Å². The van der Waals surface area contributed by atoms with Crippen LogP contribution in [-0.4, -0.2) is 22.1 Å². The van der Waals surface area contributed by atoms with Crippen molar-refractivity contribution in [2.75, 3.05) is 0 Å². The second kappa shape index (κ2) is 5.05. The van der Waals surface area contributed by atoms with Gasteiger partial charge in [0.05, 0.1) is 6.10 Å². The molecule has 0 saturated heterocycles. The van der Waals surface area contributed by atoms with Gasteiger partial charge in [-0.05, 0) is 32.0 Å². The molecule has 0 aliphatic rings. The molecule has 1 aromatic heterocycles. The molecule has 0 aliphatic carbocycles. The van der Waals surface area contributed by atoms with E-state index >= 15 is 0 Å². The Bertz CT molecular complexity index is 733. The van der Waals surface area contributed by atoms with E-state index < -0.39 is 5.91 Å². The van der Waals surface area contributed by atoms with Crippen LogP contribution >= 0.6 is 0 Å². The van der Waals surface area contributed by atoms with Gasteiger partial charge in [0.1, 0.15) is 17.5 Å². The highest BCUT2D eigenvalue weighted by atomic mass is 16.5. The Morgan fingerprint density at radius 2 is 2.15 bits per heavy atom. The summed E-state index contributed by atoms with van der Waals surface area (Å²) >= 11 is 0. The summed E-state index contributed by atoms with van der Waals surface area (Å²) in [6.45, 7) is 3.73. The first-order valence-electron chi connectivity index (χ1n) is 5.97. The van der Waals surface area contributed by atoms with Crippen molar-refractivity contribution in [1.29, 1.82) is 5.26 Å². The van der Waals surface area contributed by atoms with Gasteiger partial charge in [0.2, 0.25) is 0 Å². The van der Waals surface area contributed by atoms with E-state index in [1.54, 1.807) is 18.2 Å². The predicted octanol–water partition coefficient (Wildman–Crippen LogP) is 1.70. The SMILES string of the molecule is CC(C)Oc1ccc2c(C#N)nc(C(N)=O)c(O)c2c1. The van der Waals surface area contributed by atoms with Crippen molar-refractivity contribution in [3.05, 3.63) is 29.6 Å². The summed E-state index contributed by atoms with van der Waals surface area (Å²) in [5.41, 5.74) is 4.85. The van der Waals surface area contributed by atoms with Crippen molar-refractivity contribution >= 4 is 16.7 Å². The molecule has 0 spiro atoms. The minimum Gasteiger partial charge on any atom is -0.505 e. The summed E-state index contributed by atoms with van der Waals surface area (Å²) in [6.07, 6.45) is -0.0394. The van der Waals surface area contributed by atoms with E-state index in [0.717, 1.165) is 0 Å². The van der Waals surface area contributed by atoms with E-state index in [4.69, 9.17) is 15.7 Å². The molecule has 1 aromatic carbocycles. The molecule has 0 aliphatic heterocycles. The maximum absolute atomic E-state index is 11.3. The Balaban J connectivity index is 2.75. The number of hydrogen-bond acceptors (Lipinski definition) is 5. The number of carbonyl (C=O) groups excluding carboxylic acids is 1. The van der Waals surface area contributed by atoms with Crippen LogP contribution in [0.15, 0.2) is 18.2 Å². The van der Waals surface area contributed by atoms with Gasteiger partial charge in [-0.3, -0.25) is 4.79 Å². The van der Waals surface area contributed by atoms with Crippen molar-refractivity contribution < 1.29 is 14.6 Å². The Morgan fingerprint density at radius 3 is 2.70 bits per heavy atom. The van der Waals surface area contributed by atoms with Gasteiger partial charge in [-0.2, -0.15) is 5.26 Å². The van der Waals surface area contributed by atoms with Gasteiger partial charge in [0, 0.05) is 10.8 Å². The molecular weight excluding hydrogens is 258 g/mol. The number of ether oxygens (including phenoxy) is 1. The van der Waals surface area contributed by atoms with Gasteiger partial charge in [0.25, 0.3) is 5.91 Å². The van der Waals surface area contributed by atoms with E-state index in [1.807, 2.05) is 19.9 Å². The van der Waals surface area contributed by atoms with Crippen LogP contribution < -0.4 is 10.5 Å². The Kier molecular flexibility index (Phi) is 3.44. The third-order valence-corrected chi connectivity index (χ3v) is 2.66. The molecule has 0 saturated carbocycles. The van der Waals surface area contributed by atoms with Crippen LogP contribution in [0.25, 0.3) is 10.8 Å².